The number of fused-ring (bicyclic) bond motifs is 1. The van der Waals surface area contributed by atoms with Gasteiger partial charge in [-0.1, -0.05) is 12.8 Å². The fraction of sp³-hybridized carbons (Fsp3) is 0.692. The fourth-order valence-electron chi connectivity index (χ4n) is 2.89. The van der Waals surface area contributed by atoms with Gasteiger partial charge in [-0.2, -0.15) is 4.98 Å². The second-order valence-corrected chi connectivity index (χ2v) is 5.16. The number of hydrogen-bond acceptors (Lipinski definition) is 5. The fourth-order valence-corrected chi connectivity index (χ4v) is 2.89. The quantitative estimate of drug-likeness (QED) is 0.777. The molecule has 18 heavy (non-hydrogen) atoms. The Morgan fingerprint density at radius 3 is 2.61 bits per heavy atom. The van der Waals surface area contributed by atoms with Gasteiger partial charge in [0.15, 0.2) is 0 Å². The van der Waals surface area contributed by atoms with E-state index < -0.39 is 0 Å². The highest BCUT2D eigenvalue weighted by atomic mass is 15.2. The maximum atomic E-state index is 5.86. The van der Waals surface area contributed by atoms with Crippen molar-refractivity contribution in [2.24, 2.45) is 0 Å². The minimum Gasteiger partial charge on any atom is -0.368 e. The molecule has 5 nitrogen and oxygen atoms in total. The van der Waals surface area contributed by atoms with Crippen molar-refractivity contribution in [2.75, 3.05) is 30.3 Å². The van der Waals surface area contributed by atoms with E-state index in [9.17, 15) is 0 Å². The Bertz CT molecular complexity index is 424. The lowest BCUT2D eigenvalue weighted by atomic mass is 10.1. The molecule has 0 bridgehead atoms. The normalized spacial score (nSPS) is 20.3. The summed E-state index contributed by atoms with van der Waals surface area (Å²) in [5.74, 6) is 1.50. The van der Waals surface area contributed by atoms with Crippen LogP contribution in [0.2, 0.25) is 0 Å². The molecule has 0 aliphatic carbocycles. The van der Waals surface area contributed by atoms with E-state index in [-0.39, 0.29) is 0 Å². The summed E-state index contributed by atoms with van der Waals surface area (Å²) in [7, 11) is 0. The third-order valence-corrected chi connectivity index (χ3v) is 3.83. The topological polar surface area (TPSA) is 67.1 Å². The van der Waals surface area contributed by atoms with Crippen molar-refractivity contribution < 1.29 is 0 Å². The summed E-state index contributed by atoms with van der Waals surface area (Å²) >= 11 is 0. The molecule has 0 spiro atoms. The van der Waals surface area contributed by atoms with E-state index in [1.165, 1.54) is 31.2 Å². The zero-order valence-corrected chi connectivity index (χ0v) is 10.8. The summed E-state index contributed by atoms with van der Waals surface area (Å²) in [5, 5.41) is 3.41. The van der Waals surface area contributed by atoms with Crippen LogP contribution in [0.5, 0.6) is 0 Å². The molecular weight excluding hydrogens is 226 g/mol. The van der Waals surface area contributed by atoms with Gasteiger partial charge in [0.05, 0.1) is 5.69 Å². The molecule has 2 aliphatic heterocycles. The predicted octanol–water partition coefficient (Wildman–Crippen LogP) is 1.08. The Labute approximate surface area is 108 Å². The molecule has 1 fully saturated rings. The number of hydrogen-bond donors (Lipinski definition) is 2. The molecule has 2 aliphatic rings. The maximum Gasteiger partial charge on any atom is 0.222 e. The van der Waals surface area contributed by atoms with Crippen LogP contribution in [0, 0.1) is 0 Å². The summed E-state index contributed by atoms with van der Waals surface area (Å²) in [6, 6.07) is 0. The summed E-state index contributed by atoms with van der Waals surface area (Å²) in [5.41, 5.74) is 8.26. The summed E-state index contributed by atoms with van der Waals surface area (Å²) in [4.78, 5) is 11.3. The summed E-state index contributed by atoms with van der Waals surface area (Å²) < 4.78 is 0. The molecule has 0 atom stereocenters. The standard InChI is InChI=1S/C13H21N5/c14-13-16-11-5-6-15-9-10(11)12(17-13)18-7-3-1-2-4-8-18/h15H,1-9H2,(H2,14,16,17). The predicted molar refractivity (Wildman–Crippen MR) is 72.5 cm³/mol. The van der Waals surface area contributed by atoms with Crippen LogP contribution in [-0.2, 0) is 13.0 Å². The van der Waals surface area contributed by atoms with Gasteiger partial charge >= 0.3 is 0 Å². The van der Waals surface area contributed by atoms with E-state index in [1.54, 1.807) is 0 Å². The number of nitrogen functional groups attached to an aromatic ring is 1. The molecule has 3 N–H and O–H groups in total. The van der Waals surface area contributed by atoms with Crippen molar-refractivity contribution in [3.8, 4) is 0 Å². The zero-order chi connectivity index (χ0) is 12.4. The second-order valence-electron chi connectivity index (χ2n) is 5.16. The molecule has 1 saturated heterocycles. The lowest BCUT2D eigenvalue weighted by Crippen LogP contribution is -2.32. The first-order valence-corrected chi connectivity index (χ1v) is 6.95. The van der Waals surface area contributed by atoms with Crippen molar-refractivity contribution in [3.63, 3.8) is 0 Å². The first kappa shape index (κ1) is 11.7. The number of nitrogens with two attached hydrogens (primary N) is 1. The number of nitrogens with one attached hydrogen (secondary N) is 1. The van der Waals surface area contributed by atoms with Gasteiger partial charge < -0.3 is 16.0 Å². The summed E-state index contributed by atoms with van der Waals surface area (Å²) in [6.45, 7) is 4.07. The van der Waals surface area contributed by atoms with Crippen LogP contribution >= 0.6 is 0 Å². The molecule has 1 aromatic heterocycles. The Balaban J connectivity index is 1.96. The highest BCUT2D eigenvalue weighted by molar-refractivity contribution is 5.52. The van der Waals surface area contributed by atoms with E-state index in [2.05, 4.69) is 20.2 Å². The van der Waals surface area contributed by atoms with Gasteiger partial charge in [0.1, 0.15) is 5.82 Å². The van der Waals surface area contributed by atoms with Gasteiger partial charge in [-0.05, 0) is 12.8 Å². The van der Waals surface area contributed by atoms with Gasteiger partial charge in [-0.15, -0.1) is 0 Å². The molecule has 0 radical (unpaired) electrons. The Morgan fingerprint density at radius 1 is 1.06 bits per heavy atom. The molecule has 3 heterocycles. The highest BCUT2D eigenvalue weighted by Gasteiger charge is 2.21. The first-order valence-electron chi connectivity index (χ1n) is 6.95. The Hall–Kier alpha value is -1.36. The molecule has 1 aromatic rings. The average molecular weight is 247 g/mol. The van der Waals surface area contributed by atoms with Gasteiger partial charge in [0.2, 0.25) is 5.95 Å². The maximum absolute atomic E-state index is 5.86. The monoisotopic (exact) mass is 247 g/mol. The third kappa shape index (κ3) is 2.27. The number of nitrogens with zero attached hydrogens (tertiary/aromatic N) is 3. The minimum absolute atomic E-state index is 0.426. The second kappa shape index (κ2) is 5.10. The lowest BCUT2D eigenvalue weighted by molar-refractivity contribution is 0.621. The van der Waals surface area contributed by atoms with Crippen molar-refractivity contribution in [1.29, 1.82) is 0 Å². The Morgan fingerprint density at radius 2 is 1.83 bits per heavy atom. The van der Waals surface area contributed by atoms with Crippen molar-refractivity contribution in [2.45, 2.75) is 38.6 Å². The van der Waals surface area contributed by atoms with Crippen LogP contribution in [0.15, 0.2) is 0 Å². The third-order valence-electron chi connectivity index (χ3n) is 3.83. The van der Waals surface area contributed by atoms with Crippen molar-refractivity contribution in [1.82, 2.24) is 15.3 Å². The molecule has 98 valence electrons. The van der Waals surface area contributed by atoms with Crippen LogP contribution in [-0.4, -0.2) is 29.6 Å². The molecule has 5 heteroatoms. The van der Waals surface area contributed by atoms with E-state index >= 15 is 0 Å². The van der Waals surface area contributed by atoms with Crippen LogP contribution in [0.1, 0.15) is 36.9 Å². The van der Waals surface area contributed by atoms with E-state index in [0.717, 1.165) is 44.1 Å². The Kier molecular flexibility index (Phi) is 3.32. The van der Waals surface area contributed by atoms with Crippen LogP contribution in [0.25, 0.3) is 0 Å². The SMILES string of the molecule is Nc1nc2c(c(N3CCCCCC3)n1)CNCC2. The van der Waals surface area contributed by atoms with Crippen molar-refractivity contribution in [3.05, 3.63) is 11.3 Å². The number of anilines is 2. The highest BCUT2D eigenvalue weighted by Crippen LogP contribution is 2.26. The molecule has 0 unspecified atom stereocenters. The molecular formula is C13H21N5. The van der Waals surface area contributed by atoms with E-state index in [1.807, 2.05) is 0 Å². The minimum atomic E-state index is 0.426. The largest absolute Gasteiger partial charge is 0.368 e. The molecule has 0 saturated carbocycles. The van der Waals surface area contributed by atoms with E-state index in [4.69, 9.17) is 5.73 Å². The zero-order valence-electron chi connectivity index (χ0n) is 10.8. The van der Waals surface area contributed by atoms with Gasteiger partial charge in [0, 0.05) is 38.2 Å². The van der Waals surface area contributed by atoms with Crippen LogP contribution in [0.4, 0.5) is 11.8 Å². The average Bonchev–Trinajstić information content (AvgIpc) is 2.66. The van der Waals surface area contributed by atoms with Gasteiger partial charge in [-0.25, -0.2) is 4.98 Å². The van der Waals surface area contributed by atoms with Gasteiger partial charge in [-0.3, -0.25) is 0 Å². The lowest BCUT2D eigenvalue weighted by Gasteiger charge is -2.27. The molecule has 3 rings (SSSR count). The molecule has 0 aromatic carbocycles. The molecule has 0 amide bonds. The first-order chi connectivity index (χ1) is 8.84. The van der Waals surface area contributed by atoms with E-state index in [0.29, 0.717) is 5.95 Å². The smallest absolute Gasteiger partial charge is 0.222 e. The number of aromatic nitrogens is 2. The van der Waals surface area contributed by atoms with Crippen LogP contribution in [0.3, 0.4) is 0 Å². The van der Waals surface area contributed by atoms with Crippen LogP contribution < -0.4 is 16.0 Å². The summed E-state index contributed by atoms with van der Waals surface area (Å²) in [6.07, 6.45) is 6.14. The number of rotatable bonds is 1. The van der Waals surface area contributed by atoms with Gasteiger partial charge in [0.25, 0.3) is 0 Å². The van der Waals surface area contributed by atoms with Crippen molar-refractivity contribution >= 4 is 11.8 Å².